The lowest BCUT2D eigenvalue weighted by molar-refractivity contribution is 0.171. The minimum Gasteiger partial charge on any atom is -0.484 e. The first-order chi connectivity index (χ1) is 25.2. The summed E-state index contributed by atoms with van der Waals surface area (Å²) < 4.78 is 38.6. The number of nitrogens with zero attached hydrogens (tertiary/aromatic N) is 6. The largest absolute Gasteiger partial charge is 0.484 e. The standard InChI is InChI=1S/C38H45ClN8O5S/c1-24-10-8-9-19-45(24)37-43-42-34-18-14-27(22-46(34)37)52-32-17-16-31(28-11-6-7-12-29(28)32)40-36(48)41-35-21-33(38(2,3)4)44-47(35)26-13-15-30(39)25(20-26)23-51-53(5,49)50/h6-7,11-15,18,20-22,24,31-32H,8-10,16-17,19,23H2,1-5H3,(H2,40,41,48)/t24-,31-,32+/m0/s1. The van der Waals surface area contributed by atoms with Crippen molar-refractivity contribution in [2.24, 2.45) is 0 Å². The van der Waals surface area contributed by atoms with E-state index in [2.05, 4.69) is 38.7 Å². The maximum absolute atomic E-state index is 13.7. The smallest absolute Gasteiger partial charge is 0.320 e. The average molecular weight is 761 g/mol. The number of nitrogens with one attached hydrogen (secondary N) is 2. The molecule has 5 aromatic rings. The first-order valence-corrected chi connectivity index (χ1v) is 20.1. The van der Waals surface area contributed by atoms with Crippen LogP contribution in [0.1, 0.15) is 94.3 Å². The number of pyridine rings is 1. The van der Waals surface area contributed by atoms with Crippen LogP contribution in [0.4, 0.5) is 16.6 Å². The number of halogens is 1. The van der Waals surface area contributed by atoms with Gasteiger partial charge in [-0.2, -0.15) is 13.5 Å². The molecule has 1 aliphatic carbocycles. The van der Waals surface area contributed by atoms with Crippen molar-refractivity contribution in [3.05, 3.63) is 94.3 Å². The van der Waals surface area contributed by atoms with Gasteiger partial charge in [-0.25, -0.2) is 9.48 Å². The van der Waals surface area contributed by atoms with Crippen LogP contribution >= 0.6 is 11.6 Å². The molecule has 7 rings (SSSR count). The average Bonchev–Trinajstić information content (AvgIpc) is 3.73. The van der Waals surface area contributed by atoms with Crippen molar-refractivity contribution in [1.29, 1.82) is 0 Å². The Balaban J connectivity index is 1.09. The highest BCUT2D eigenvalue weighted by Crippen LogP contribution is 2.39. The summed E-state index contributed by atoms with van der Waals surface area (Å²) in [5, 5.41) is 20.3. The summed E-state index contributed by atoms with van der Waals surface area (Å²) in [5.41, 5.74) is 4.26. The number of fused-ring (bicyclic) bond motifs is 2. The van der Waals surface area contributed by atoms with Crippen molar-refractivity contribution in [2.45, 2.75) is 90.0 Å². The molecule has 0 saturated carbocycles. The fourth-order valence-electron chi connectivity index (χ4n) is 7.03. The fourth-order valence-corrected chi connectivity index (χ4v) is 7.54. The van der Waals surface area contributed by atoms with Crippen molar-refractivity contribution in [2.75, 3.05) is 23.0 Å². The zero-order chi connectivity index (χ0) is 37.5. The van der Waals surface area contributed by atoms with E-state index >= 15 is 0 Å². The Morgan fingerprint density at radius 2 is 1.79 bits per heavy atom. The van der Waals surface area contributed by atoms with Crippen LogP contribution in [0.3, 0.4) is 0 Å². The molecule has 3 aromatic heterocycles. The van der Waals surface area contributed by atoms with Gasteiger partial charge in [-0.05, 0) is 86.1 Å². The lowest BCUT2D eigenvalue weighted by Gasteiger charge is -2.33. The molecule has 0 radical (unpaired) electrons. The molecule has 2 aliphatic rings. The summed E-state index contributed by atoms with van der Waals surface area (Å²) in [4.78, 5) is 16.0. The third-order valence-corrected chi connectivity index (χ3v) is 10.8. The number of hydrogen-bond acceptors (Lipinski definition) is 9. The maximum Gasteiger partial charge on any atom is 0.320 e. The second-order valence-electron chi connectivity index (χ2n) is 14.9. The van der Waals surface area contributed by atoms with Crippen molar-refractivity contribution < 1.29 is 22.1 Å². The maximum atomic E-state index is 13.7. The highest BCUT2D eigenvalue weighted by atomic mass is 35.5. The number of carbonyl (C=O) groups is 1. The monoisotopic (exact) mass is 760 g/mol. The van der Waals surface area contributed by atoms with Gasteiger partial charge < -0.3 is 15.0 Å². The van der Waals surface area contributed by atoms with Crippen LogP contribution in [-0.4, -0.2) is 57.7 Å². The highest BCUT2D eigenvalue weighted by molar-refractivity contribution is 7.85. The van der Waals surface area contributed by atoms with Gasteiger partial charge in [-0.3, -0.25) is 13.9 Å². The molecule has 0 unspecified atom stereocenters. The highest BCUT2D eigenvalue weighted by Gasteiger charge is 2.31. The summed E-state index contributed by atoms with van der Waals surface area (Å²) in [6.45, 7) is 9.06. The normalized spacial score (nSPS) is 19.2. The Kier molecular flexibility index (Phi) is 10.1. The molecule has 1 fully saturated rings. The molecule has 2 aromatic carbocycles. The van der Waals surface area contributed by atoms with Crippen LogP contribution in [0.2, 0.25) is 5.02 Å². The van der Waals surface area contributed by atoms with E-state index in [9.17, 15) is 13.2 Å². The van der Waals surface area contributed by atoms with Crippen molar-refractivity contribution >= 4 is 45.2 Å². The number of urea groups is 1. The molecule has 53 heavy (non-hydrogen) atoms. The van der Waals surface area contributed by atoms with Crippen LogP contribution < -0.4 is 20.3 Å². The van der Waals surface area contributed by atoms with Gasteiger partial charge in [0.2, 0.25) is 5.95 Å². The van der Waals surface area contributed by atoms with Gasteiger partial charge in [-0.1, -0.05) is 56.6 Å². The first kappa shape index (κ1) is 36.7. The lowest BCUT2D eigenvalue weighted by Crippen LogP contribution is -2.38. The number of carbonyl (C=O) groups excluding carboxylic acids is 1. The van der Waals surface area contributed by atoms with E-state index in [1.54, 1.807) is 22.9 Å². The predicted molar refractivity (Wildman–Crippen MR) is 204 cm³/mol. The molecule has 13 nitrogen and oxygen atoms in total. The number of benzene rings is 2. The number of ether oxygens (including phenoxy) is 1. The SMILES string of the molecule is C[C@H]1CCCCN1c1nnc2ccc(O[C@@H]3CC[C@H](NC(=O)Nc4cc(C(C)(C)C)nn4-c4ccc(Cl)c(COS(C)(=O)=O)c4)c4ccccc43)cn12. The quantitative estimate of drug-likeness (QED) is 0.146. The van der Waals surface area contributed by atoms with E-state index in [0.717, 1.165) is 59.8 Å². The fraction of sp³-hybridized carbons (Fsp3) is 0.421. The van der Waals surface area contributed by atoms with Crippen molar-refractivity contribution in [1.82, 2.24) is 29.7 Å². The zero-order valence-corrected chi connectivity index (χ0v) is 32.1. The molecule has 1 aliphatic heterocycles. The van der Waals surface area contributed by atoms with Crippen LogP contribution in [0, 0.1) is 0 Å². The summed E-state index contributed by atoms with van der Waals surface area (Å²) in [6, 6.07) is 18.6. The van der Waals surface area contributed by atoms with Gasteiger partial charge in [0.25, 0.3) is 10.1 Å². The van der Waals surface area contributed by atoms with Crippen molar-refractivity contribution in [3.8, 4) is 11.4 Å². The molecule has 2 amide bonds. The van der Waals surface area contributed by atoms with E-state index in [1.165, 1.54) is 6.42 Å². The second-order valence-corrected chi connectivity index (χ2v) is 17.0. The molecule has 3 atom stereocenters. The zero-order valence-electron chi connectivity index (χ0n) is 30.5. The van der Waals surface area contributed by atoms with Gasteiger partial charge >= 0.3 is 6.03 Å². The number of piperidine rings is 1. The molecule has 4 heterocycles. The summed E-state index contributed by atoms with van der Waals surface area (Å²) >= 11 is 6.38. The van der Waals surface area contributed by atoms with Gasteiger partial charge in [0.15, 0.2) is 5.65 Å². The topological polar surface area (TPSA) is 145 Å². The lowest BCUT2D eigenvalue weighted by atomic mass is 9.85. The van der Waals surface area contributed by atoms with Gasteiger partial charge in [0.1, 0.15) is 17.7 Å². The third-order valence-electron chi connectivity index (χ3n) is 9.86. The van der Waals surface area contributed by atoms with E-state index in [4.69, 9.17) is 25.6 Å². The van der Waals surface area contributed by atoms with E-state index in [-0.39, 0.29) is 24.2 Å². The predicted octanol–water partition coefficient (Wildman–Crippen LogP) is 7.50. The molecule has 1 saturated heterocycles. The van der Waals surface area contributed by atoms with Gasteiger partial charge in [0.05, 0.1) is 36.5 Å². The Morgan fingerprint density at radius 3 is 2.55 bits per heavy atom. The summed E-state index contributed by atoms with van der Waals surface area (Å²) in [6.07, 6.45) is 7.59. The second kappa shape index (κ2) is 14.6. The van der Waals surface area contributed by atoms with E-state index in [1.807, 2.05) is 67.8 Å². The summed E-state index contributed by atoms with van der Waals surface area (Å²) in [7, 11) is -3.69. The molecular formula is C38H45ClN8O5S. The number of anilines is 2. The first-order valence-electron chi connectivity index (χ1n) is 17.9. The van der Waals surface area contributed by atoms with Crippen LogP contribution in [0.5, 0.6) is 5.75 Å². The Morgan fingerprint density at radius 1 is 1.00 bits per heavy atom. The van der Waals surface area contributed by atoms with E-state index < -0.39 is 16.1 Å². The molecule has 0 bridgehead atoms. The Labute approximate surface area is 314 Å². The van der Waals surface area contributed by atoms with Gasteiger partial charge in [0, 0.05) is 29.1 Å². The number of hydrogen-bond donors (Lipinski definition) is 2. The van der Waals surface area contributed by atoms with Crippen LogP contribution in [0.25, 0.3) is 11.3 Å². The summed E-state index contributed by atoms with van der Waals surface area (Å²) in [5.74, 6) is 2.01. The molecular weight excluding hydrogens is 716 g/mol. The molecule has 2 N–H and O–H groups in total. The number of aromatic nitrogens is 5. The van der Waals surface area contributed by atoms with E-state index in [0.29, 0.717) is 41.0 Å². The van der Waals surface area contributed by atoms with Crippen LogP contribution in [0.15, 0.2) is 66.9 Å². The molecule has 0 spiro atoms. The number of rotatable bonds is 9. The minimum atomic E-state index is -3.69. The molecule has 280 valence electrons. The minimum absolute atomic E-state index is 0.208. The molecule has 15 heteroatoms. The van der Waals surface area contributed by atoms with Crippen molar-refractivity contribution in [3.63, 3.8) is 0 Å². The van der Waals surface area contributed by atoms with Gasteiger partial charge in [-0.15, -0.1) is 10.2 Å². The van der Waals surface area contributed by atoms with Crippen LogP contribution in [-0.2, 0) is 26.3 Å². The Hall–Kier alpha value is -4.66. The number of amides is 2. The Bertz CT molecular complexity index is 2250. The third kappa shape index (κ3) is 8.14.